The molecule has 0 saturated heterocycles. The van der Waals surface area contributed by atoms with Gasteiger partial charge in [-0.15, -0.1) is 0 Å². The average Bonchev–Trinajstić information content (AvgIpc) is 2.02. The first-order valence-electron chi connectivity index (χ1n) is 3.82. The zero-order valence-electron chi connectivity index (χ0n) is 7.80. The fourth-order valence-electron chi connectivity index (χ4n) is 1.01. The number of rotatable bonds is 3. The molecular formula is C8H9O2PS2Zn. The van der Waals surface area contributed by atoms with Gasteiger partial charge < -0.3 is 21.7 Å². The van der Waals surface area contributed by atoms with Crippen LogP contribution in [0.1, 0.15) is 12.5 Å². The molecule has 0 radical (unpaired) electrons. The first-order chi connectivity index (χ1) is 6.03. The molecule has 2 nitrogen and oxygen atoms in total. The maximum atomic E-state index is 11.1. The van der Waals surface area contributed by atoms with Gasteiger partial charge in [-0.3, -0.25) is 0 Å². The van der Waals surface area contributed by atoms with Gasteiger partial charge >= 0.3 is 19.5 Å². The van der Waals surface area contributed by atoms with Crippen molar-refractivity contribution in [3.8, 4) is 5.75 Å². The second-order valence-electron chi connectivity index (χ2n) is 2.50. The second-order valence-corrected chi connectivity index (χ2v) is 7.15. The SMILES string of the molecule is CCc1ccccc1OP([O-])(=S)[S-].[Zn+2]. The fraction of sp³-hybridized carbons (Fsp3) is 0.250. The molecule has 0 N–H and O–H groups in total. The monoisotopic (exact) mass is 296 g/mol. The van der Waals surface area contributed by atoms with E-state index in [4.69, 9.17) is 4.52 Å². The van der Waals surface area contributed by atoms with Gasteiger partial charge in [0, 0.05) is 0 Å². The Hall–Kier alpha value is 0.603. The summed E-state index contributed by atoms with van der Waals surface area (Å²) in [6, 6.07) is 7.32. The zero-order valence-corrected chi connectivity index (χ0v) is 13.3. The van der Waals surface area contributed by atoms with Crippen molar-refractivity contribution in [2.24, 2.45) is 0 Å². The summed E-state index contributed by atoms with van der Waals surface area (Å²) < 4.78 is 5.01. The van der Waals surface area contributed by atoms with Crippen molar-refractivity contribution in [2.45, 2.75) is 13.3 Å². The Morgan fingerprint density at radius 2 is 2.07 bits per heavy atom. The molecule has 0 aliphatic carbocycles. The van der Waals surface area contributed by atoms with Crippen LogP contribution in [0.2, 0.25) is 0 Å². The first kappa shape index (κ1) is 14.6. The summed E-state index contributed by atoms with van der Waals surface area (Å²) in [6.07, 6.45) is 0.806. The van der Waals surface area contributed by atoms with Crippen LogP contribution in [0.3, 0.4) is 0 Å². The number of aryl methyl sites for hydroxylation is 1. The maximum Gasteiger partial charge on any atom is 2.00 e. The molecule has 0 aliphatic rings. The molecule has 14 heavy (non-hydrogen) atoms. The van der Waals surface area contributed by atoms with E-state index in [1.165, 1.54) is 0 Å². The van der Waals surface area contributed by atoms with Crippen molar-refractivity contribution in [2.75, 3.05) is 0 Å². The molecule has 0 fully saturated rings. The van der Waals surface area contributed by atoms with Gasteiger partial charge in [0.2, 0.25) is 0 Å². The Kier molecular flexibility index (Phi) is 6.51. The Balaban J connectivity index is 0.00000169. The Morgan fingerprint density at radius 1 is 1.50 bits per heavy atom. The summed E-state index contributed by atoms with van der Waals surface area (Å²) in [5.74, 6) is 0.540. The van der Waals surface area contributed by atoms with Crippen molar-refractivity contribution in [1.82, 2.24) is 0 Å². The van der Waals surface area contributed by atoms with Crippen LogP contribution in [0.15, 0.2) is 24.3 Å². The molecule has 72 valence electrons. The fourth-order valence-corrected chi connectivity index (χ4v) is 1.91. The minimum atomic E-state index is -3.26. The molecule has 1 aromatic carbocycles. The molecule has 0 aromatic heterocycles. The van der Waals surface area contributed by atoms with Crippen LogP contribution in [0.5, 0.6) is 5.75 Å². The number of benzene rings is 1. The normalized spacial score (nSPS) is 13.9. The average molecular weight is 298 g/mol. The van der Waals surface area contributed by atoms with Crippen molar-refractivity contribution in [3.05, 3.63) is 29.8 Å². The molecular weight excluding hydrogens is 289 g/mol. The van der Waals surface area contributed by atoms with Crippen molar-refractivity contribution < 1.29 is 28.9 Å². The molecule has 0 heterocycles. The Labute approximate surface area is 107 Å². The van der Waals surface area contributed by atoms with Crippen LogP contribution in [0.4, 0.5) is 0 Å². The molecule has 1 atom stereocenters. The molecule has 6 heteroatoms. The molecule has 1 rings (SSSR count). The Bertz CT molecular complexity index is 340. The summed E-state index contributed by atoms with van der Waals surface area (Å²) in [7, 11) is 0. The zero-order chi connectivity index (χ0) is 9.90. The Morgan fingerprint density at radius 3 is 2.57 bits per heavy atom. The quantitative estimate of drug-likeness (QED) is 0.483. The standard InChI is InChI=1S/C8H11O2PS2.Zn/c1-2-7-5-3-4-6-8(7)10-11(9,12)13;/h3-6H,2H2,1H3,(H2,9,12,13);/q;+2/p-2. The van der Waals surface area contributed by atoms with Crippen molar-refractivity contribution >= 4 is 29.7 Å². The van der Waals surface area contributed by atoms with E-state index >= 15 is 0 Å². The third-order valence-electron chi connectivity index (χ3n) is 1.56. The van der Waals surface area contributed by atoms with Crippen LogP contribution in [-0.4, -0.2) is 0 Å². The largest absolute Gasteiger partial charge is 2.00 e. The third kappa shape index (κ3) is 4.90. The van der Waals surface area contributed by atoms with E-state index in [2.05, 4.69) is 24.1 Å². The third-order valence-corrected chi connectivity index (χ3v) is 2.43. The molecule has 1 aromatic rings. The van der Waals surface area contributed by atoms with Gasteiger partial charge in [-0.25, -0.2) is 0 Å². The van der Waals surface area contributed by atoms with Gasteiger partial charge in [0.25, 0.3) is 0 Å². The molecule has 0 bridgehead atoms. The van der Waals surface area contributed by atoms with Crippen LogP contribution in [0, 0.1) is 0 Å². The number of para-hydroxylation sites is 1. The minimum Gasteiger partial charge on any atom is -0.809 e. The summed E-state index contributed by atoms with van der Waals surface area (Å²) in [5.41, 5.74) is -2.29. The van der Waals surface area contributed by atoms with Gasteiger partial charge in [-0.05, 0) is 18.1 Å². The van der Waals surface area contributed by atoms with Crippen LogP contribution >= 0.6 is 5.69 Å². The van der Waals surface area contributed by atoms with Crippen molar-refractivity contribution in [3.63, 3.8) is 0 Å². The van der Waals surface area contributed by atoms with E-state index in [-0.39, 0.29) is 19.5 Å². The van der Waals surface area contributed by atoms with E-state index in [1.807, 2.05) is 19.1 Å². The van der Waals surface area contributed by atoms with Crippen LogP contribution in [-0.2, 0) is 50.0 Å². The van der Waals surface area contributed by atoms with E-state index in [9.17, 15) is 4.89 Å². The molecule has 0 spiro atoms. The van der Waals surface area contributed by atoms with Gasteiger partial charge in [-0.2, -0.15) is 0 Å². The van der Waals surface area contributed by atoms with Gasteiger partial charge in [0.1, 0.15) is 5.75 Å². The summed E-state index contributed by atoms with van der Waals surface area (Å²) in [4.78, 5) is 11.1. The maximum absolute atomic E-state index is 11.1. The first-order valence-corrected chi connectivity index (χ1v) is 7.47. The molecule has 0 amide bonds. The van der Waals surface area contributed by atoms with Crippen LogP contribution in [0.25, 0.3) is 0 Å². The van der Waals surface area contributed by atoms with Gasteiger partial charge in [0.15, 0.2) is 0 Å². The van der Waals surface area contributed by atoms with Crippen LogP contribution < -0.4 is 9.42 Å². The number of hydrogen-bond acceptors (Lipinski definition) is 4. The van der Waals surface area contributed by atoms with Crippen molar-refractivity contribution in [1.29, 1.82) is 0 Å². The summed E-state index contributed by atoms with van der Waals surface area (Å²) in [5, 5.41) is 0. The smallest absolute Gasteiger partial charge is 0.809 e. The van der Waals surface area contributed by atoms with E-state index in [0.717, 1.165) is 12.0 Å². The minimum absolute atomic E-state index is 0. The van der Waals surface area contributed by atoms with E-state index in [1.54, 1.807) is 12.1 Å². The summed E-state index contributed by atoms with van der Waals surface area (Å²) in [6.45, 7) is 1.99. The predicted octanol–water partition coefficient (Wildman–Crippen LogP) is 1.76. The number of hydrogen-bond donors (Lipinski definition) is 0. The van der Waals surface area contributed by atoms with Gasteiger partial charge in [0.05, 0.1) is 0 Å². The molecule has 1 unspecified atom stereocenters. The van der Waals surface area contributed by atoms with E-state index in [0.29, 0.717) is 5.75 Å². The topological polar surface area (TPSA) is 32.3 Å². The second kappa shape index (κ2) is 6.24. The summed E-state index contributed by atoms with van der Waals surface area (Å²) >= 11 is 9.05. The van der Waals surface area contributed by atoms with Gasteiger partial charge in [-0.1, -0.05) is 42.6 Å². The molecule has 0 aliphatic heterocycles. The van der Waals surface area contributed by atoms with E-state index < -0.39 is 5.69 Å². The molecule has 0 saturated carbocycles. The predicted molar refractivity (Wildman–Crippen MR) is 58.1 cm³/mol.